The highest BCUT2D eigenvalue weighted by Crippen LogP contribution is 2.27. The summed E-state index contributed by atoms with van der Waals surface area (Å²) in [5.41, 5.74) is 5.40. The number of nitrogens with zero attached hydrogens (tertiary/aromatic N) is 1. The van der Waals surface area contributed by atoms with Crippen LogP contribution in [0.1, 0.15) is 51.9 Å². The molecule has 0 aliphatic heterocycles. The lowest BCUT2D eigenvalue weighted by molar-refractivity contribution is 0.274. The maximum absolute atomic E-state index is 8.38. The standard InChI is InChI=1S/C13H27N3O/c1-11-5-4-6-12(9-11)10-15-8-3-2-7-13(14)16-17/h11-12,15,17H,2-10H2,1H3,(H2,14,16). The van der Waals surface area contributed by atoms with Crippen LogP contribution in [0.5, 0.6) is 0 Å². The van der Waals surface area contributed by atoms with Crippen molar-refractivity contribution in [2.24, 2.45) is 22.7 Å². The van der Waals surface area contributed by atoms with Gasteiger partial charge in [0.25, 0.3) is 0 Å². The van der Waals surface area contributed by atoms with Gasteiger partial charge in [-0.25, -0.2) is 0 Å². The van der Waals surface area contributed by atoms with Crippen molar-refractivity contribution < 1.29 is 5.21 Å². The number of amidine groups is 1. The zero-order chi connectivity index (χ0) is 12.5. The molecule has 4 N–H and O–H groups in total. The molecule has 4 nitrogen and oxygen atoms in total. The molecule has 0 aromatic heterocycles. The second kappa shape index (κ2) is 8.34. The number of nitrogens with one attached hydrogen (secondary N) is 1. The Morgan fingerprint density at radius 2 is 2.24 bits per heavy atom. The van der Waals surface area contributed by atoms with Gasteiger partial charge < -0.3 is 16.3 Å². The molecule has 0 aromatic rings. The lowest BCUT2D eigenvalue weighted by atomic mass is 9.82. The maximum Gasteiger partial charge on any atom is 0.139 e. The van der Waals surface area contributed by atoms with Gasteiger partial charge in [0.05, 0.1) is 0 Å². The Hall–Kier alpha value is -0.770. The van der Waals surface area contributed by atoms with Crippen LogP contribution in [0.4, 0.5) is 0 Å². The van der Waals surface area contributed by atoms with Gasteiger partial charge in [0.15, 0.2) is 0 Å². The van der Waals surface area contributed by atoms with Crippen LogP contribution in [-0.4, -0.2) is 24.1 Å². The van der Waals surface area contributed by atoms with Crippen molar-refractivity contribution >= 4 is 5.84 Å². The molecular weight excluding hydrogens is 214 g/mol. The van der Waals surface area contributed by atoms with E-state index in [-0.39, 0.29) is 0 Å². The Balaban J connectivity index is 1.93. The molecule has 0 heterocycles. The molecule has 1 rings (SSSR count). The first-order valence-electron chi connectivity index (χ1n) is 6.89. The van der Waals surface area contributed by atoms with E-state index in [1.165, 1.54) is 25.7 Å². The molecule has 0 spiro atoms. The van der Waals surface area contributed by atoms with Crippen LogP contribution in [0.2, 0.25) is 0 Å². The highest BCUT2D eigenvalue weighted by molar-refractivity contribution is 5.79. The average Bonchev–Trinajstić information content (AvgIpc) is 2.33. The van der Waals surface area contributed by atoms with E-state index in [0.717, 1.165) is 37.8 Å². The van der Waals surface area contributed by atoms with E-state index in [4.69, 9.17) is 10.9 Å². The summed E-state index contributed by atoms with van der Waals surface area (Å²) in [5.74, 6) is 2.13. The van der Waals surface area contributed by atoms with E-state index in [0.29, 0.717) is 12.3 Å². The Kier molecular flexibility index (Phi) is 7.01. The SMILES string of the molecule is CC1CCCC(CNCCCCC(N)=NO)C1. The first kappa shape index (κ1) is 14.3. The van der Waals surface area contributed by atoms with Gasteiger partial charge in [-0.2, -0.15) is 0 Å². The summed E-state index contributed by atoms with van der Waals surface area (Å²) in [6.07, 6.45) is 8.37. The fraction of sp³-hybridized carbons (Fsp3) is 0.923. The van der Waals surface area contributed by atoms with Gasteiger partial charge in [0, 0.05) is 6.42 Å². The van der Waals surface area contributed by atoms with Gasteiger partial charge in [-0.05, 0) is 50.6 Å². The quantitative estimate of drug-likeness (QED) is 0.211. The normalized spacial score (nSPS) is 26.1. The van der Waals surface area contributed by atoms with Gasteiger partial charge in [-0.3, -0.25) is 0 Å². The van der Waals surface area contributed by atoms with Crippen LogP contribution < -0.4 is 11.1 Å². The molecule has 2 atom stereocenters. The Morgan fingerprint density at radius 1 is 1.41 bits per heavy atom. The van der Waals surface area contributed by atoms with Crippen molar-refractivity contribution in [2.45, 2.75) is 51.9 Å². The average molecular weight is 241 g/mol. The molecule has 0 saturated heterocycles. The van der Waals surface area contributed by atoms with Gasteiger partial charge in [-0.15, -0.1) is 0 Å². The Bertz CT molecular complexity index is 231. The first-order chi connectivity index (χ1) is 8.22. The second-order valence-electron chi connectivity index (χ2n) is 5.39. The third kappa shape index (κ3) is 6.51. The molecule has 2 unspecified atom stereocenters. The third-order valence-corrected chi connectivity index (χ3v) is 3.64. The van der Waals surface area contributed by atoms with Crippen molar-refractivity contribution in [3.8, 4) is 0 Å². The van der Waals surface area contributed by atoms with Gasteiger partial charge in [-0.1, -0.05) is 24.9 Å². The lowest BCUT2D eigenvalue weighted by Gasteiger charge is -2.26. The number of oxime groups is 1. The van der Waals surface area contributed by atoms with E-state index in [1.807, 2.05) is 0 Å². The van der Waals surface area contributed by atoms with Crippen LogP contribution in [0.3, 0.4) is 0 Å². The van der Waals surface area contributed by atoms with Crippen molar-refractivity contribution in [3.63, 3.8) is 0 Å². The summed E-state index contributed by atoms with van der Waals surface area (Å²) in [5, 5.41) is 14.9. The topological polar surface area (TPSA) is 70.6 Å². The number of nitrogens with two attached hydrogens (primary N) is 1. The minimum Gasteiger partial charge on any atom is -0.409 e. The zero-order valence-corrected chi connectivity index (χ0v) is 11.0. The lowest BCUT2D eigenvalue weighted by Crippen LogP contribution is -2.27. The van der Waals surface area contributed by atoms with E-state index >= 15 is 0 Å². The predicted octanol–water partition coefficient (Wildman–Crippen LogP) is 2.32. The molecule has 100 valence electrons. The summed E-state index contributed by atoms with van der Waals surface area (Å²) in [6.45, 7) is 4.57. The van der Waals surface area contributed by atoms with Crippen LogP contribution in [0, 0.1) is 11.8 Å². The third-order valence-electron chi connectivity index (χ3n) is 3.64. The molecule has 4 heteroatoms. The summed E-state index contributed by atoms with van der Waals surface area (Å²) in [7, 11) is 0. The van der Waals surface area contributed by atoms with Gasteiger partial charge in [0.1, 0.15) is 5.84 Å². The summed E-state index contributed by atoms with van der Waals surface area (Å²) in [4.78, 5) is 0. The Morgan fingerprint density at radius 3 is 2.94 bits per heavy atom. The van der Waals surface area contributed by atoms with E-state index in [1.54, 1.807) is 0 Å². The number of unbranched alkanes of at least 4 members (excludes halogenated alkanes) is 1. The molecule has 0 radical (unpaired) electrons. The first-order valence-corrected chi connectivity index (χ1v) is 6.89. The number of rotatable bonds is 7. The molecule has 17 heavy (non-hydrogen) atoms. The maximum atomic E-state index is 8.38. The van der Waals surface area contributed by atoms with Crippen LogP contribution in [-0.2, 0) is 0 Å². The van der Waals surface area contributed by atoms with E-state index < -0.39 is 0 Å². The molecule has 1 saturated carbocycles. The highest BCUT2D eigenvalue weighted by Gasteiger charge is 2.17. The van der Waals surface area contributed by atoms with Crippen molar-refractivity contribution in [1.29, 1.82) is 0 Å². The van der Waals surface area contributed by atoms with Gasteiger partial charge >= 0.3 is 0 Å². The monoisotopic (exact) mass is 241 g/mol. The molecule has 1 fully saturated rings. The predicted molar refractivity (Wildman–Crippen MR) is 71.3 cm³/mol. The number of hydrogen-bond acceptors (Lipinski definition) is 3. The second-order valence-corrected chi connectivity index (χ2v) is 5.39. The van der Waals surface area contributed by atoms with E-state index in [9.17, 15) is 0 Å². The largest absolute Gasteiger partial charge is 0.409 e. The highest BCUT2D eigenvalue weighted by atomic mass is 16.4. The van der Waals surface area contributed by atoms with Crippen molar-refractivity contribution in [2.75, 3.05) is 13.1 Å². The molecular formula is C13H27N3O. The van der Waals surface area contributed by atoms with Crippen molar-refractivity contribution in [1.82, 2.24) is 5.32 Å². The summed E-state index contributed by atoms with van der Waals surface area (Å²) in [6, 6.07) is 0. The number of hydrogen-bond donors (Lipinski definition) is 3. The minimum absolute atomic E-state index is 0.339. The van der Waals surface area contributed by atoms with Gasteiger partial charge in [0.2, 0.25) is 0 Å². The molecule has 1 aliphatic rings. The van der Waals surface area contributed by atoms with Crippen LogP contribution in [0.15, 0.2) is 5.16 Å². The summed E-state index contributed by atoms with van der Waals surface area (Å²) >= 11 is 0. The minimum atomic E-state index is 0.339. The fourth-order valence-corrected chi connectivity index (χ4v) is 2.66. The molecule has 0 aromatic carbocycles. The summed E-state index contributed by atoms with van der Waals surface area (Å²) < 4.78 is 0. The molecule has 0 amide bonds. The van der Waals surface area contributed by atoms with Crippen molar-refractivity contribution in [3.05, 3.63) is 0 Å². The van der Waals surface area contributed by atoms with Crippen LogP contribution in [0.25, 0.3) is 0 Å². The zero-order valence-electron chi connectivity index (χ0n) is 11.0. The van der Waals surface area contributed by atoms with Crippen LogP contribution >= 0.6 is 0 Å². The smallest absolute Gasteiger partial charge is 0.139 e. The van der Waals surface area contributed by atoms with E-state index in [2.05, 4.69) is 17.4 Å². The fourth-order valence-electron chi connectivity index (χ4n) is 2.66. The molecule has 1 aliphatic carbocycles. The molecule has 0 bridgehead atoms. The Labute approximate surface area is 105 Å².